The maximum atomic E-state index is 12.8. The molecule has 2 N–H and O–H groups in total. The molecule has 0 saturated heterocycles. The number of carbonyl (C=O) groups excluding carboxylic acids is 1. The number of aromatic nitrogens is 2. The third-order valence-electron chi connectivity index (χ3n) is 3.61. The van der Waals surface area contributed by atoms with Gasteiger partial charge >= 0.3 is 5.97 Å². The fourth-order valence-electron chi connectivity index (χ4n) is 2.47. The molecule has 0 spiro atoms. The molecular formula is C16H15N3O3S. The molecule has 0 aliphatic heterocycles. The van der Waals surface area contributed by atoms with E-state index in [0.29, 0.717) is 21.5 Å². The van der Waals surface area contributed by atoms with Crippen molar-refractivity contribution >= 4 is 33.1 Å². The van der Waals surface area contributed by atoms with E-state index in [-0.39, 0.29) is 11.3 Å². The monoisotopic (exact) mass is 329 g/mol. The van der Waals surface area contributed by atoms with E-state index in [1.165, 1.54) is 23.1 Å². The number of nitrogens with zero attached hydrogens (tertiary/aromatic N) is 2. The van der Waals surface area contributed by atoms with E-state index in [1.807, 2.05) is 19.1 Å². The quantitative estimate of drug-likeness (QED) is 0.730. The van der Waals surface area contributed by atoms with E-state index in [2.05, 4.69) is 5.10 Å². The SMILES string of the molecule is COC(=O)c1nn(-c2ccc(C)cc2)c(=O)c2c(N)sc(C)c12. The molecule has 118 valence electrons. The molecule has 23 heavy (non-hydrogen) atoms. The van der Waals surface area contributed by atoms with Gasteiger partial charge in [0.05, 0.1) is 23.2 Å². The van der Waals surface area contributed by atoms with Crippen LogP contribution in [0.4, 0.5) is 5.00 Å². The first-order valence-electron chi connectivity index (χ1n) is 6.91. The Morgan fingerprint density at radius 3 is 2.48 bits per heavy atom. The van der Waals surface area contributed by atoms with Crippen LogP contribution in [0.15, 0.2) is 29.1 Å². The number of benzene rings is 1. The van der Waals surface area contributed by atoms with Gasteiger partial charge in [0.1, 0.15) is 0 Å². The van der Waals surface area contributed by atoms with Crippen molar-refractivity contribution in [2.45, 2.75) is 13.8 Å². The third-order valence-corrected chi connectivity index (χ3v) is 4.55. The van der Waals surface area contributed by atoms with E-state index in [0.717, 1.165) is 10.4 Å². The highest BCUT2D eigenvalue weighted by Crippen LogP contribution is 2.32. The van der Waals surface area contributed by atoms with Crippen molar-refractivity contribution in [2.24, 2.45) is 0 Å². The first-order chi connectivity index (χ1) is 10.9. The number of hydrogen-bond acceptors (Lipinski definition) is 6. The molecule has 2 aromatic heterocycles. The van der Waals surface area contributed by atoms with Crippen LogP contribution < -0.4 is 11.3 Å². The van der Waals surface area contributed by atoms with Crippen LogP contribution in [0, 0.1) is 13.8 Å². The number of fused-ring (bicyclic) bond motifs is 1. The van der Waals surface area contributed by atoms with E-state index >= 15 is 0 Å². The van der Waals surface area contributed by atoms with Crippen LogP contribution in [-0.2, 0) is 4.74 Å². The maximum Gasteiger partial charge on any atom is 0.359 e. The molecule has 0 fully saturated rings. The summed E-state index contributed by atoms with van der Waals surface area (Å²) in [6, 6.07) is 7.28. The van der Waals surface area contributed by atoms with Gasteiger partial charge in [0.15, 0.2) is 5.69 Å². The van der Waals surface area contributed by atoms with Gasteiger partial charge in [-0.15, -0.1) is 11.3 Å². The smallest absolute Gasteiger partial charge is 0.359 e. The Morgan fingerprint density at radius 2 is 1.87 bits per heavy atom. The number of ether oxygens (including phenoxy) is 1. The molecule has 0 saturated carbocycles. The van der Waals surface area contributed by atoms with Gasteiger partial charge in [0.25, 0.3) is 5.56 Å². The number of thiophene rings is 1. The fraction of sp³-hybridized carbons (Fsp3) is 0.188. The minimum atomic E-state index is -0.600. The second-order valence-corrected chi connectivity index (χ2v) is 6.42. The number of esters is 1. The normalized spacial score (nSPS) is 10.9. The van der Waals surface area contributed by atoms with Crippen LogP contribution in [-0.4, -0.2) is 22.9 Å². The number of nitrogen functional groups attached to an aromatic ring is 1. The Labute approximate surface area is 136 Å². The third kappa shape index (κ3) is 2.39. The Hall–Kier alpha value is -2.67. The number of carbonyl (C=O) groups is 1. The van der Waals surface area contributed by atoms with E-state index < -0.39 is 5.97 Å². The van der Waals surface area contributed by atoms with Crippen LogP contribution in [0.1, 0.15) is 20.9 Å². The van der Waals surface area contributed by atoms with Crippen LogP contribution in [0.25, 0.3) is 16.5 Å². The van der Waals surface area contributed by atoms with Gasteiger partial charge in [0.2, 0.25) is 0 Å². The molecular weight excluding hydrogens is 314 g/mol. The molecule has 7 heteroatoms. The molecule has 0 unspecified atom stereocenters. The summed E-state index contributed by atoms with van der Waals surface area (Å²) in [6.07, 6.45) is 0. The molecule has 2 heterocycles. The van der Waals surface area contributed by atoms with E-state index in [1.54, 1.807) is 19.1 Å². The predicted molar refractivity (Wildman–Crippen MR) is 90.4 cm³/mol. The summed E-state index contributed by atoms with van der Waals surface area (Å²) in [5, 5.41) is 5.37. The standard InChI is InChI=1S/C16H15N3O3S/c1-8-4-6-10(7-5-8)19-15(20)12-11(9(2)23-14(12)17)13(18-19)16(21)22-3/h4-7H,17H2,1-3H3. The first-order valence-corrected chi connectivity index (χ1v) is 7.73. The molecule has 3 aromatic rings. The summed E-state index contributed by atoms with van der Waals surface area (Å²) in [4.78, 5) is 25.7. The number of anilines is 1. The number of aryl methyl sites for hydroxylation is 2. The van der Waals surface area contributed by atoms with Crippen molar-refractivity contribution in [3.05, 3.63) is 50.8 Å². The lowest BCUT2D eigenvalue weighted by atomic mass is 10.1. The van der Waals surface area contributed by atoms with Gasteiger partial charge in [-0.05, 0) is 26.0 Å². The van der Waals surface area contributed by atoms with Gasteiger partial charge in [-0.25, -0.2) is 4.79 Å². The lowest BCUT2D eigenvalue weighted by Crippen LogP contribution is -2.25. The van der Waals surface area contributed by atoms with Crippen molar-refractivity contribution in [1.29, 1.82) is 0 Å². The van der Waals surface area contributed by atoms with Crippen molar-refractivity contribution < 1.29 is 9.53 Å². The van der Waals surface area contributed by atoms with Crippen molar-refractivity contribution in [3.8, 4) is 5.69 Å². The largest absolute Gasteiger partial charge is 0.464 e. The summed E-state index contributed by atoms with van der Waals surface area (Å²) >= 11 is 1.26. The van der Waals surface area contributed by atoms with Crippen LogP contribution in [0.3, 0.4) is 0 Å². The van der Waals surface area contributed by atoms with Gasteiger partial charge in [-0.3, -0.25) is 4.79 Å². The topological polar surface area (TPSA) is 87.2 Å². The molecule has 3 rings (SSSR count). The number of hydrogen-bond donors (Lipinski definition) is 1. The molecule has 0 bridgehead atoms. The highest BCUT2D eigenvalue weighted by molar-refractivity contribution is 7.17. The Morgan fingerprint density at radius 1 is 1.22 bits per heavy atom. The van der Waals surface area contributed by atoms with Gasteiger partial charge in [-0.1, -0.05) is 17.7 Å². The zero-order valence-electron chi connectivity index (χ0n) is 12.9. The number of nitrogens with two attached hydrogens (primary N) is 1. The van der Waals surface area contributed by atoms with Gasteiger partial charge in [0, 0.05) is 10.3 Å². The summed E-state index contributed by atoms with van der Waals surface area (Å²) in [5.74, 6) is -0.600. The minimum Gasteiger partial charge on any atom is -0.464 e. The molecule has 0 aliphatic carbocycles. The number of methoxy groups -OCH3 is 1. The second kappa shape index (κ2) is 5.51. The zero-order valence-corrected chi connectivity index (χ0v) is 13.7. The van der Waals surface area contributed by atoms with Gasteiger partial charge in [-0.2, -0.15) is 9.78 Å². The van der Waals surface area contributed by atoms with Crippen LogP contribution in [0.2, 0.25) is 0 Å². The highest BCUT2D eigenvalue weighted by Gasteiger charge is 2.23. The molecule has 0 aliphatic rings. The minimum absolute atomic E-state index is 0.0909. The lowest BCUT2D eigenvalue weighted by Gasteiger charge is -2.09. The summed E-state index contributed by atoms with van der Waals surface area (Å²) in [7, 11) is 1.28. The van der Waals surface area contributed by atoms with E-state index in [4.69, 9.17) is 10.5 Å². The maximum absolute atomic E-state index is 12.8. The Bertz CT molecular complexity index is 971. The second-order valence-electron chi connectivity index (χ2n) is 5.17. The van der Waals surface area contributed by atoms with Crippen molar-refractivity contribution in [1.82, 2.24) is 9.78 Å². The van der Waals surface area contributed by atoms with E-state index in [9.17, 15) is 9.59 Å². The van der Waals surface area contributed by atoms with Crippen LogP contribution >= 0.6 is 11.3 Å². The molecule has 1 aromatic carbocycles. The number of rotatable bonds is 2. The predicted octanol–water partition coefficient (Wildman–Crippen LogP) is 2.43. The lowest BCUT2D eigenvalue weighted by molar-refractivity contribution is 0.0594. The Balaban J connectivity index is 2.42. The van der Waals surface area contributed by atoms with Gasteiger partial charge < -0.3 is 10.5 Å². The fourth-order valence-corrected chi connectivity index (χ4v) is 3.39. The summed E-state index contributed by atoms with van der Waals surface area (Å²) in [6.45, 7) is 3.75. The zero-order chi connectivity index (χ0) is 16.7. The molecule has 6 nitrogen and oxygen atoms in total. The Kier molecular flexibility index (Phi) is 3.65. The summed E-state index contributed by atoms with van der Waals surface area (Å²) < 4.78 is 6.00. The first kappa shape index (κ1) is 15.2. The molecule has 0 atom stereocenters. The van der Waals surface area contributed by atoms with Crippen molar-refractivity contribution in [2.75, 3.05) is 12.8 Å². The molecule has 0 amide bonds. The summed E-state index contributed by atoms with van der Waals surface area (Å²) in [5.41, 5.74) is 7.35. The highest BCUT2D eigenvalue weighted by atomic mass is 32.1. The van der Waals surface area contributed by atoms with Crippen LogP contribution in [0.5, 0.6) is 0 Å². The average molecular weight is 329 g/mol. The average Bonchev–Trinajstić information content (AvgIpc) is 2.83. The molecule has 0 radical (unpaired) electrons. The van der Waals surface area contributed by atoms with Crippen molar-refractivity contribution in [3.63, 3.8) is 0 Å².